The van der Waals surface area contributed by atoms with Gasteiger partial charge < -0.3 is 15.3 Å². The summed E-state index contributed by atoms with van der Waals surface area (Å²) in [5.41, 5.74) is -1.96. The molecule has 0 saturated heterocycles. The Morgan fingerprint density at radius 3 is 2.33 bits per heavy atom. The van der Waals surface area contributed by atoms with Crippen LogP contribution >= 0.6 is 0 Å². The Bertz CT molecular complexity index is 193. The molecule has 0 aliphatic heterocycles. The Balaban J connectivity index is 4.29. The van der Waals surface area contributed by atoms with E-state index in [1.165, 1.54) is 0 Å². The van der Waals surface area contributed by atoms with E-state index in [0.717, 1.165) is 25.7 Å². The number of hydrogen-bond donors (Lipinski definition) is 3. The molecule has 4 nitrogen and oxygen atoms in total. The first-order chi connectivity index (χ1) is 7.00. The highest BCUT2D eigenvalue weighted by Crippen LogP contribution is 2.24. The van der Waals surface area contributed by atoms with E-state index in [9.17, 15) is 9.90 Å². The van der Waals surface area contributed by atoms with E-state index >= 15 is 0 Å². The minimum Gasteiger partial charge on any atom is -0.479 e. The summed E-state index contributed by atoms with van der Waals surface area (Å²) in [4.78, 5) is 10.8. The van der Waals surface area contributed by atoms with Gasteiger partial charge in [0.05, 0.1) is 6.61 Å². The zero-order valence-electron chi connectivity index (χ0n) is 9.57. The predicted octanol–water partition coefficient (Wildman–Crippen LogP) is 1.40. The number of unbranched alkanes of at least 4 members (excludes halogenated alkanes) is 1. The molecule has 0 fully saturated rings. The first-order valence-electron chi connectivity index (χ1n) is 5.56. The van der Waals surface area contributed by atoms with Crippen LogP contribution in [0.5, 0.6) is 0 Å². The van der Waals surface area contributed by atoms with Crippen LogP contribution in [0.4, 0.5) is 0 Å². The van der Waals surface area contributed by atoms with Crippen molar-refractivity contribution < 1.29 is 20.1 Å². The van der Waals surface area contributed by atoms with Crippen molar-refractivity contribution in [2.75, 3.05) is 6.61 Å². The summed E-state index contributed by atoms with van der Waals surface area (Å²) < 4.78 is 0. The predicted molar refractivity (Wildman–Crippen MR) is 57.6 cm³/mol. The zero-order chi connectivity index (χ0) is 11.9. The third-order valence-electron chi connectivity index (χ3n) is 2.83. The molecule has 2 atom stereocenters. The standard InChI is InChI=1S/C11H22O4/c1-3-5-6-9(4-2)7-11(15,8-12)10(13)14/h9,12,15H,3-8H2,1-2H3,(H,13,14). The van der Waals surface area contributed by atoms with Gasteiger partial charge in [0.25, 0.3) is 0 Å². The molecule has 4 heteroatoms. The first-order valence-corrected chi connectivity index (χ1v) is 5.56. The lowest BCUT2D eigenvalue weighted by Gasteiger charge is -2.25. The average Bonchev–Trinajstić information content (AvgIpc) is 2.23. The van der Waals surface area contributed by atoms with Crippen molar-refractivity contribution >= 4 is 5.97 Å². The molecule has 0 heterocycles. The van der Waals surface area contributed by atoms with Crippen LogP contribution in [0.1, 0.15) is 46.0 Å². The van der Waals surface area contributed by atoms with Crippen molar-refractivity contribution in [3.63, 3.8) is 0 Å². The van der Waals surface area contributed by atoms with Crippen LogP contribution in [0.25, 0.3) is 0 Å². The number of aliphatic hydroxyl groups is 2. The maximum atomic E-state index is 10.8. The Morgan fingerprint density at radius 2 is 2.00 bits per heavy atom. The highest BCUT2D eigenvalue weighted by molar-refractivity contribution is 5.77. The molecule has 0 spiro atoms. The number of carboxylic acid groups (broad SMARTS) is 1. The lowest BCUT2D eigenvalue weighted by atomic mass is 9.86. The molecule has 0 rings (SSSR count). The van der Waals surface area contributed by atoms with Crippen molar-refractivity contribution in [1.82, 2.24) is 0 Å². The van der Waals surface area contributed by atoms with Gasteiger partial charge in [-0.2, -0.15) is 0 Å². The van der Waals surface area contributed by atoms with Crippen LogP contribution in [-0.4, -0.2) is 33.5 Å². The first kappa shape index (κ1) is 14.4. The van der Waals surface area contributed by atoms with Crippen molar-refractivity contribution in [3.8, 4) is 0 Å². The van der Waals surface area contributed by atoms with Gasteiger partial charge >= 0.3 is 5.97 Å². The summed E-state index contributed by atoms with van der Waals surface area (Å²) in [6.07, 6.45) is 3.95. The van der Waals surface area contributed by atoms with Crippen LogP contribution in [0, 0.1) is 5.92 Å². The third-order valence-corrected chi connectivity index (χ3v) is 2.83. The number of carboxylic acids is 1. The highest BCUT2D eigenvalue weighted by Gasteiger charge is 2.37. The lowest BCUT2D eigenvalue weighted by Crippen LogP contribution is -2.44. The molecule has 0 aliphatic carbocycles. The molecule has 3 N–H and O–H groups in total. The van der Waals surface area contributed by atoms with E-state index in [1.807, 2.05) is 6.92 Å². The maximum Gasteiger partial charge on any atom is 0.338 e. The summed E-state index contributed by atoms with van der Waals surface area (Å²) in [5.74, 6) is -1.17. The molecule has 0 aliphatic rings. The monoisotopic (exact) mass is 218 g/mol. The second kappa shape index (κ2) is 6.80. The largest absolute Gasteiger partial charge is 0.479 e. The van der Waals surface area contributed by atoms with E-state index in [1.54, 1.807) is 0 Å². The third kappa shape index (κ3) is 4.62. The highest BCUT2D eigenvalue weighted by atomic mass is 16.4. The maximum absolute atomic E-state index is 10.8. The van der Waals surface area contributed by atoms with Gasteiger partial charge in [0, 0.05) is 0 Å². The second-order valence-electron chi connectivity index (χ2n) is 4.12. The molecule has 0 bridgehead atoms. The van der Waals surface area contributed by atoms with Gasteiger partial charge in [0.1, 0.15) is 0 Å². The molecule has 0 aromatic heterocycles. The molecule has 0 aromatic carbocycles. The average molecular weight is 218 g/mol. The minimum atomic E-state index is -1.96. The van der Waals surface area contributed by atoms with Crippen LogP contribution in [0.15, 0.2) is 0 Å². The lowest BCUT2D eigenvalue weighted by molar-refractivity contribution is -0.165. The van der Waals surface area contributed by atoms with Gasteiger partial charge in [-0.3, -0.25) is 0 Å². The molecule has 15 heavy (non-hydrogen) atoms. The van der Waals surface area contributed by atoms with Gasteiger partial charge in [-0.25, -0.2) is 4.79 Å². The molecule has 90 valence electrons. The summed E-state index contributed by atoms with van der Waals surface area (Å²) in [5, 5.41) is 27.3. The zero-order valence-corrected chi connectivity index (χ0v) is 9.57. The smallest absolute Gasteiger partial charge is 0.338 e. The molecular formula is C11H22O4. The fraction of sp³-hybridized carbons (Fsp3) is 0.909. The Kier molecular flexibility index (Phi) is 6.52. The van der Waals surface area contributed by atoms with Gasteiger partial charge in [-0.15, -0.1) is 0 Å². The van der Waals surface area contributed by atoms with E-state index in [2.05, 4.69) is 6.92 Å². The van der Waals surface area contributed by atoms with Crippen LogP contribution < -0.4 is 0 Å². The summed E-state index contributed by atoms with van der Waals surface area (Å²) in [7, 11) is 0. The number of carbonyl (C=O) groups is 1. The minimum absolute atomic E-state index is 0.134. The summed E-state index contributed by atoms with van der Waals surface area (Å²) in [6.45, 7) is 3.33. The quantitative estimate of drug-likeness (QED) is 0.575. The SMILES string of the molecule is CCCCC(CC)CC(O)(CO)C(=O)O. The van der Waals surface area contributed by atoms with Gasteiger partial charge in [-0.1, -0.05) is 39.5 Å². The summed E-state index contributed by atoms with van der Waals surface area (Å²) in [6, 6.07) is 0. The number of aliphatic carboxylic acids is 1. The molecule has 0 aromatic rings. The topological polar surface area (TPSA) is 77.8 Å². The van der Waals surface area contributed by atoms with E-state index in [0.29, 0.717) is 0 Å². The normalized spacial score (nSPS) is 17.1. The van der Waals surface area contributed by atoms with Gasteiger partial charge in [-0.05, 0) is 12.3 Å². The van der Waals surface area contributed by atoms with Crippen LogP contribution in [0.3, 0.4) is 0 Å². The van der Waals surface area contributed by atoms with Crippen LogP contribution in [0.2, 0.25) is 0 Å². The fourth-order valence-electron chi connectivity index (χ4n) is 1.64. The van der Waals surface area contributed by atoms with E-state index in [-0.39, 0.29) is 12.3 Å². The van der Waals surface area contributed by atoms with Crippen LogP contribution in [-0.2, 0) is 4.79 Å². The van der Waals surface area contributed by atoms with E-state index < -0.39 is 18.2 Å². The van der Waals surface area contributed by atoms with Crippen molar-refractivity contribution in [1.29, 1.82) is 0 Å². The number of hydrogen-bond acceptors (Lipinski definition) is 3. The van der Waals surface area contributed by atoms with E-state index in [4.69, 9.17) is 10.2 Å². The van der Waals surface area contributed by atoms with Gasteiger partial charge in [0.15, 0.2) is 5.60 Å². The second-order valence-corrected chi connectivity index (χ2v) is 4.12. The van der Waals surface area contributed by atoms with Gasteiger partial charge in [0.2, 0.25) is 0 Å². The molecule has 0 radical (unpaired) electrons. The van der Waals surface area contributed by atoms with Crippen molar-refractivity contribution in [2.45, 2.75) is 51.6 Å². The Morgan fingerprint density at radius 1 is 1.40 bits per heavy atom. The molecule has 0 amide bonds. The van der Waals surface area contributed by atoms with Crippen molar-refractivity contribution in [3.05, 3.63) is 0 Å². The van der Waals surface area contributed by atoms with Crippen molar-refractivity contribution in [2.24, 2.45) is 5.92 Å². The number of rotatable bonds is 8. The molecule has 2 unspecified atom stereocenters. The molecule has 0 saturated carbocycles. The fourth-order valence-corrected chi connectivity index (χ4v) is 1.64. The summed E-state index contributed by atoms with van der Waals surface area (Å²) >= 11 is 0. The Labute approximate surface area is 90.9 Å². The number of aliphatic hydroxyl groups excluding tert-OH is 1. The molecular weight excluding hydrogens is 196 g/mol. The Hall–Kier alpha value is -0.610.